The van der Waals surface area contributed by atoms with Gasteiger partial charge in [0.05, 0.1) is 6.54 Å². The lowest BCUT2D eigenvalue weighted by molar-refractivity contribution is 0.0520. The lowest BCUT2D eigenvalue weighted by atomic mass is 10.0. The van der Waals surface area contributed by atoms with Crippen molar-refractivity contribution >= 4 is 11.9 Å². The fourth-order valence-electron chi connectivity index (χ4n) is 2.89. The Hall–Kier alpha value is -2.62. The van der Waals surface area contributed by atoms with Crippen LogP contribution in [0.25, 0.3) is 11.1 Å². The quantitative estimate of drug-likeness (QED) is 0.742. The Morgan fingerprint density at radius 2 is 1.75 bits per heavy atom. The molecule has 2 aromatic rings. The molecule has 0 bridgehead atoms. The van der Waals surface area contributed by atoms with Crippen LogP contribution in [0.2, 0.25) is 0 Å². The first-order chi connectivity index (χ1) is 11.3. The molecule has 0 aromatic heterocycles. The van der Waals surface area contributed by atoms with Gasteiger partial charge in [-0.3, -0.25) is 4.79 Å². The minimum atomic E-state index is -0.579. The number of ketones is 1. The number of hydrogen-bond donors (Lipinski definition) is 1. The van der Waals surface area contributed by atoms with E-state index >= 15 is 0 Å². The van der Waals surface area contributed by atoms with E-state index in [4.69, 9.17) is 4.74 Å². The molecule has 2 aromatic carbocycles. The molecule has 0 fully saturated rings. The number of nitrogens with one attached hydrogen (secondary N) is 1. The van der Waals surface area contributed by atoms with Gasteiger partial charge in [-0.2, -0.15) is 0 Å². The average molecular weight is 323 g/mol. The number of alkyl carbamates (subject to hydrolysis) is 1. The van der Waals surface area contributed by atoms with E-state index in [0.717, 1.165) is 12.0 Å². The number of Topliss-reactive ketones (excluding diaryl/α,β-unsaturated/α-hetero) is 1. The SMILES string of the molecule is CC(C)(C)OC(=O)NCC(=O)c1ccc2c(c1)Cc1ccccc1-2. The standard InChI is InChI=1S/C20H21NO3/c1-20(2,3)24-19(23)21-12-18(22)14-8-9-17-15(11-14)10-13-6-4-5-7-16(13)17/h4-9,11H,10,12H2,1-3H3,(H,21,23). The second-order valence-corrected chi connectivity index (χ2v) is 6.98. The molecule has 0 spiro atoms. The number of amides is 1. The molecular formula is C20H21NO3. The molecular weight excluding hydrogens is 302 g/mol. The molecule has 24 heavy (non-hydrogen) atoms. The lowest BCUT2D eigenvalue weighted by Crippen LogP contribution is -2.35. The van der Waals surface area contributed by atoms with Crippen LogP contribution >= 0.6 is 0 Å². The minimum absolute atomic E-state index is 0.0688. The van der Waals surface area contributed by atoms with Crippen LogP contribution < -0.4 is 5.32 Å². The summed E-state index contributed by atoms with van der Waals surface area (Å²) in [5, 5.41) is 2.51. The van der Waals surface area contributed by atoms with E-state index < -0.39 is 11.7 Å². The molecule has 0 aliphatic heterocycles. The summed E-state index contributed by atoms with van der Waals surface area (Å²) in [5.41, 5.74) is 4.88. The van der Waals surface area contributed by atoms with Crippen LogP contribution in [0.3, 0.4) is 0 Å². The zero-order chi connectivity index (χ0) is 17.3. The van der Waals surface area contributed by atoms with Gasteiger partial charge in [-0.25, -0.2) is 4.79 Å². The first-order valence-electron chi connectivity index (χ1n) is 8.05. The number of fused-ring (bicyclic) bond motifs is 3. The minimum Gasteiger partial charge on any atom is -0.444 e. The molecule has 0 saturated heterocycles. The highest BCUT2D eigenvalue weighted by atomic mass is 16.6. The zero-order valence-electron chi connectivity index (χ0n) is 14.2. The van der Waals surface area contributed by atoms with Crippen molar-refractivity contribution in [2.75, 3.05) is 6.54 Å². The largest absolute Gasteiger partial charge is 0.444 e. The Morgan fingerprint density at radius 3 is 2.50 bits per heavy atom. The molecule has 1 amide bonds. The van der Waals surface area contributed by atoms with Crippen molar-refractivity contribution in [2.24, 2.45) is 0 Å². The van der Waals surface area contributed by atoms with Gasteiger partial charge in [0.2, 0.25) is 0 Å². The second-order valence-electron chi connectivity index (χ2n) is 6.98. The predicted octanol–water partition coefficient (Wildman–Crippen LogP) is 3.97. The van der Waals surface area contributed by atoms with Crippen LogP contribution in [-0.2, 0) is 11.2 Å². The average Bonchev–Trinajstić information content (AvgIpc) is 2.88. The number of rotatable bonds is 3. The molecule has 4 nitrogen and oxygen atoms in total. The van der Waals surface area contributed by atoms with Crippen molar-refractivity contribution in [2.45, 2.75) is 32.8 Å². The van der Waals surface area contributed by atoms with Gasteiger partial charge < -0.3 is 10.1 Å². The maximum Gasteiger partial charge on any atom is 0.408 e. The van der Waals surface area contributed by atoms with Gasteiger partial charge >= 0.3 is 6.09 Å². The van der Waals surface area contributed by atoms with Crippen LogP contribution in [0.15, 0.2) is 42.5 Å². The van der Waals surface area contributed by atoms with Gasteiger partial charge in [0.1, 0.15) is 5.60 Å². The normalized spacial score (nSPS) is 12.3. The lowest BCUT2D eigenvalue weighted by Gasteiger charge is -2.19. The third-order valence-corrected chi connectivity index (χ3v) is 3.91. The number of benzene rings is 2. The highest BCUT2D eigenvalue weighted by Crippen LogP contribution is 2.36. The Morgan fingerprint density at radius 1 is 1.04 bits per heavy atom. The molecule has 1 aliphatic carbocycles. The summed E-state index contributed by atoms with van der Waals surface area (Å²) in [6.45, 7) is 5.28. The summed E-state index contributed by atoms with van der Waals surface area (Å²) >= 11 is 0. The van der Waals surface area contributed by atoms with E-state index in [1.54, 1.807) is 20.8 Å². The van der Waals surface area contributed by atoms with E-state index in [-0.39, 0.29) is 12.3 Å². The first-order valence-corrected chi connectivity index (χ1v) is 8.05. The molecule has 3 rings (SSSR count). The number of ether oxygens (including phenoxy) is 1. The molecule has 1 N–H and O–H groups in total. The molecule has 0 unspecified atom stereocenters. The number of hydrogen-bond acceptors (Lipinski definition) is 3. The maximum atomic E-state index is 12.3. The van der Waals surface area contributed by atoms with Gasteiger partial charge in [-0.15, -0.1) is 0 Å². The van der Waals surface area contributed by atoms with E-state index in [9.17, 15) is 9.59 Å². The summed E-state index contributed by atoms with van der Waals surface area (Å²) in [5.74, 6) is -0.125. The maximum absolute atomic E-state index is 12.3. The van der Waals surface area contributed by atoms with Gasteiger partial charge in [0, 0.05) is 5.56 Å². The molecule has 1 aliphatic rings. The van der Waals surface area contributed by atoms with Gasteiger partial charge in [0.25, 0.3) is 0 Å². The van der Waals surface area contributed by atoms with Gasteiger partial charge in [0.15, 0.2) is 5.78 Å². The summed E-state index contributed by atoms with van der Waals surface area (Å²) in [4.78, 5) is 24.0. The topological polar surface area (TPSA) is 55.4 Å². The summed E-state index contributed by atoms with van der Waals surface area (Å²) in [6, 6.07) is 14.0. The smallest absolute Gasteiger partial charge is 0.408 e. The van der Waals surface area contributed by atoms with Crippen molar-refractivity contribution in [3.05, 3.63) is 59.2 Å². The van der Waals surface area contributed by atoms with Crippen LogP contribution in [0.4, 0.5) is 4.79 Å². The third-order valence-electron chi connectivity index (χ3n) is 3.91. The van der Waals surface area contributed by atoms with Crippen LogP contribution in [0.1, 0.15) is 42.3 Å². The second kappa shape index (κ2) is 6.11. The fourth-order valence-corrected chi connectivity index (χ4v) is 2.89. The highest BCUT2D eigenvalue weighted by molar-refractivity contribution is 6.00. The van der Waals surface area contributed by atoms with Crippen LogP contribution in [0, 0.1) is 0 Å². The summed E-state index contributed by atoms with van der Waals surface area (Å²) < 4.78 is 5.14. The van der Waals surface area contributed by atoms with Gasteiger partial charge in [-0.05, 0) is 55.5 Å². The van der Waals surface area contributed by atoms with E-state index in [1.807, 2.05) is 30.3 Å². The Bertz CT molecular complexity index is 803. The predicted molar refractivity (Wildman–Crippen MR) is 93.3 cm³/mol. The van der Waals surface area contributed by atoms with E-state index in [1.165, 1.54) is 16.7 Å². The van der Waals surface area contributed by atoms with E-state index in [0.29, 0.717) is 5.56 Å². The van der Waals surface area contributed by atoms with Crippen molar-refractivity contribution in [1.82, 2.24) is 5.32 Å². The van der Waals surface area contributed by atoms with E-state index in [2.05, 4.69) is 17.4 Å². The summed E-state index contributed by atoms with van der Waals surface area (Å²) in [6.07, 6.45) is 0.260. The monoisotopic (exact) mass is 323 g/mol. The van der Waals surface area contributed by atoms with Crippen molar-refractivity contribution in [1.29, 1.82) is 0 Å². The molecule has 124 valence electrons. The highest BCUT2D eigenvalue weighted by Gasteiger charge is 2.20. The Labute approximate surface area is 141 Å². The fraction of sp³-hybridized carbons (Fsp3) is 0.300. The molecule has 4 heteroatoms. The van der Waals surface area contributed by atoms with Crippen LogP contribution in [-0.4, -0.2) is 24.0 Å². The van der Waals surface area contributed by atoms with Crippen LogP contribution in [0.5, 0.6) is 0 Å². The summed E-state index contributed by atoms with van der Waals surface area (Å²) in [7, 11) is 0. The zero-order valence-corrected chi connectivity index (χ0v) is 14.2. The Balaban J connectivity index is 1.68. The molecule has 0 saturated carbocycles. The van der Waals surface area contributed by atoms with Gasteiger partial charge in [-0.1, -0.05) is 36.4 Å². The molecule has 0 atom stereocenters. The Kier molecular flexibility index (Phi) is 4.14. The third kappa shape index (κ3) is 3.48. The van der Waals surface area contributed by atoms with Crippen molar-refractivity contribution in [3.63, 3.8) is 0 Å². The molecule has 0 radical (unpaired) electrons. The molecule has 0 heterocycles. The van der Waals surface area contributed by atoms with Crippen molar-refractivity contribution < 1.29 is 14.3 Å². The number of carbonyl (C=O) groups is 2. The number of carbonyl (C=O) groups excluding carboxylic acids is 2. The van der Waals surface area contributed by atoms with Crippen molar-refractivity contribution in [3.8, 4) is 11.1 Å². The first kappa shape index (κ1) is 16.2.